The van der Waals surface area contributed by atoms with Gasteiger partial charge in [-0.05, 0) is 29.3 Å². The van der Waals surface area contributed by atoms with Crippen LogP contribution in [0.3, 0.4) is 0 Å². The molecule has 0 radical (unpaired) electrons. The zero-order valence-electron chi connectivity index (χ0n) is 8.99. The van der Waals surface area contributed by atoms with Crippen molar-refractivity contribution in [3.8, 4) is 0 Å². The van der Waals surface area contributed by atoms with Crippen LogP contribution in [0.15, 0.2) is 16.8 Å². The first-order valence-corrected chi connectivity index (χ1v) is 5.85. The number of carbonyl (C=O) groups excluding carboxylic acids is 2. The number of hydrogen-bond acceptors (Lipinski definition) is 4. The van der Waals surface area contributed by atoms with Crippen molar-refractivity contribution in [2.24, 2.45) is 0 Å². The molecule has 2 N–H and O–H groups in total. The van der Waals surface area contributed by atoms with E-state index >= 15 is 0 Å². The van der Waals surface area contributed by atoms with E-state index in [1.807, 2.05) is 16.8 Å². The zero-order chi connectivity index (χ0) is 11.8. The van der Waals surface area contributed by atoms with Crippen LogP contribution in [0.25, 0.3) is 0 Å². The second kappa shape index (κ2) is 6.84. The average molecular weight is 242 g/mol. The Morgan fingerprint density at radius 1 is 1.44 bits per heavy atom. The predicted molar refractivity (Wildman–Crippen MR) is 61.2 cm³/mol. The number of urea groups is 1. The maximum absolute atomic E-state index is 11.2. The fourth-order valence-corrected chi connectivity index (χ4v) is 1.67. The molecule has 16 heavy (non-hydrogen) atoms. The Morgan fingerprint density at radius 2 is 2.25 bits per heavy atom. The lowest BCUT2D eigenvalue weighted by Crippen LogP contribution is -2.38. The Kier molecular flexibility index (Phi) is 5.35. The molecule has 0 aliphatic carbocycles. The molecule has 1 aromatic rings. The van der Waals surface area contributed by atoms with E-state index in [-0.39, 0.29) is 12.6 Å². The molecule has 0 saturated carbocycles. The Hall–Kier alpha value is -1.56. The highest BCUT2D eigenvalue weighted by molar-refractivity contribution is 7.07. The van der Waals surface area contributed by atoms with E-state index in [0.717, 1.165) is 5.56 Å². The highest BCUT2D eigenvalue weighted by Crippen LogP contribution is 2.04. The molecule has 5 nitrogen and oxygen atoms in total. The molecule has 1 rings (SSSR count). The van der Waals surface area contributed by atoms with Crippen molar-refractivity contribution in [2.45, 2.75) is 13.5 Å². The normalized spacial score (nSPS) is 9.56. The molecule has 0 saturated heterocycles. The van der Waals surface area contributed by atoms with Crippen LogP contribution in [0.1, 0.15) is 12.5 Å². The molecule has 1 heterocycles. The third-order valence-electron chi connectivity index (χ3n) is 1.73. The van der Waals surface area contributed by atoms with Gasteiger partial charge in [0.25, 0.3) is 0 Å². The predicted octanol–water partition coefficient (Wildman–Crippen LogP) is 1.11. The van der Waals surface area contributed by atoms with Gasteiger partial charge in [0.05, 0.1) is 6.61 Å². The van der Waals surface area contributed by atoms with Gasteiger partial charge >= 0.3 is 12.0 Å². The summed E-state index contributed by atoms with van der Waals surface area (Å²) >= 11 is 1.57. The average Bonchev–Trinajstić information content (AvgIpc) is 2.77. The number of amides is 2. The standard InChI is InChI=1S/C10H14N2O3S/c1-2-15-9(13)6-12-10(14)11-5-8-3-4-16-7-8/h3-4,7H,2,5-6H2,1H3,(H2,11,12,14). The molecule has 1 aromatic heterocycles. The SMILES string of the molecule is CCOC(=O)CNC(=O)NCc1ccsc1. The van der Waals surface area contributed by atoms with Crippen LogP contribution in [0.2, 0.25) is 0 Å². The second-order valence-corrected chi connectivity index (χ2v) is 3.75. The van der Waals surface area contributed by atoms with Gasteiger partial charge < -0.3 is 15.4 Å². The fraction of sp³-hybridized carbons (Fsp3) is 0.400. The highest BCUT2D eigenvalue weighted by Gasteiger charge is 2.04. The summed E-state index contributed by atoms with van der Waals surface area (Å²) in [5, 5.41) is 8.93. The molecular formula is C10H14N2O3S. The zero-order valence-corrected chi connectivity index (χ0v) is 9.80. The van der Waals surface area contributed by atoms with Crippen molar-refractivity contribution in [3.05, 3.63) is 22.4 Å². The lowest BCUT2D eigenvalue weighted by atomic mass is 10.3. The number of rotatable bonds is 5. The lowest BCUT2D eigenvalue weighted by molar-refractivity contribution is -0.141. The smallest absolute Gasteiger partial charge is 0.325 e. The second-order valence-electron chi connectivity index (χ2n) is 2.97. The maximum atomic E-state index is 11.2. The molecule has 6 heteroatoms. The van der Waals surface area contributed by atoms with Gasteiger partial charge in [-0.3, -0.25) is 4.79 Å². The van der Waals surface area contributed by atoms with E-state index in [0.29, 0.717) is 13.2 Å². The van der Waals surface area contributed by atoms with E-state index in [2.05, 4.69) is 15.4 Å². The van der Waals surface area contributed by atoms with Crippen molar-refractivity contribution in [3.63, 3.8) is 0 Å². The van der Waals surface area contributed by atoms with E-state index in [1.165, 1.54) is 0 Å². The Bertz CT molecular complexity index is 338. The van der Waals surface area contributed by atoms with Crippen molar-refractivity contribution in [2.75, 3.05) is 13.2 Å². The molecule has 0 unspecified atom stereocenters. The fourth-order valence-electron chi connectivity index (χ4n) is 1.00. The van der Waals surface area contributed by atoms with Gasteiger partial charge in [-0.15, -0.1) is 0 Å². The molecule has 0 aliphatic heterocycles. The van der Waals surface area contributed by atoms with E-state index in [9.17, 15) is 9.59 Å². The van der Waals surface area contributed by atoms with Crippen molar-refractivity contribution < 1.29 is 14.3 Å². The van der Waals surface area contributed by atoms with Gasteiger partial charge in [0.15, 0.2) is 0 Å². The van der Waals surface area contributed by atoms with Crippen LogP contribution in [0.4, 0.5) is 4.79 Å². The van der Waals surface area contributed by atoms with Crippen molar-refractivity contribution in [1.82, 2.24) is 10.6 Å². The summed E-state index contributed by atoms with van der Waals surface area (Å²) in [4.78, 5) is 22.1. The summed E-state index contributed by atoms with van der Waals surface area (Å²) in [6, 6.07) is 1.55. The maximum Gasteiger partial charge on any atom is 0.325 e. The summed E-state index contributed by atoms with van der Waals surface area (Å²) < 4.78 is 4.66. The van der Waals surface area contributed by atoms with Crippen molar-refractivity contribution in [1.29, 1.82) is 0 Å². The van der Waals surface area contributed by atoms with Crippen LogP contribution in [-0.4, -0.2) is 25.2 Å². The van der Waals surface area contributed by atoms with Crippen LogP contribution in [0.5, 0.6) is 0 Å². The first kappa shape index (κ1) is 12.5. The van der Waals surface area contributed by atoms with Gasteiger partial charge in [-0.2, -0.15) is 11.3 Å². The third-order valence-corrected chi connectivity index (χ3v) is 2.46. The molecule has 2 amide bonds. The third kappa shape index (κ3) is 4.79. The van der Waals surface area contributed by atoms with Gasteiger partial charge in [-0.1, -0.05) is 0 Å². The van der Waals surface area contributed by atoms with E-state index in [1.54, 1.807) is 18.3 Å². The first-order chi connectivity index (χ1) is 7.72. The number of thiophene rings is 1. The molecule has 0 aromatic carbocycles. The van der Waals surface area contributed by atoms with E-state index < -0.39 is 5.97 Å². The largest absolute Gasteiger partial charge is 0.465 e. The molecule has 0 atom stereocenters. The van der Waals surface area contributed by atoms with Crippen LogP contribution in [0, 0.1) is 0 Å². The van der Waals surface area contributed by atoms with Crippen LogP contribution >= 0.6 is 11.3 Å². The molecule has 0 fully saturated rings. The van der Waals surface area contributed by atoms with Crippen LogP contribution in [-0.2, 0) is 16.1 Å². The topological polar surface area (TPSA) is 67.4 Å². The lowest BCUT2D eigenvalue weighted by Gasteiger charge is -2.06. The minimum atomic E-state index is -0.437. The van der Waals surface area contributed by atoms with E-state index in [4.69, 9.17) is 0 Å². The quantitative estimate of drug-likeness (QED) is 0.760. The molecule has 88 valence electrons. The van der Waals surface area contributed by atoms with Gasteiger partial charge in [0, 0.05) is 6.54 Å². The summed E-state index contributed by atoms with van der Waals surface area (Å²) in [6.07, 6.45) is 0. The summed E-state index contributed by atoms with van der Waals surface area (Å²) in [6.45, 7) is 2.38. The minimum Gasteiger partial charge on any atom is -0.465 e. The molecule has 0 bridgehead atoms. The number of hydrogen-bond donors (Lipinski definition) is 2. The number of carbonyl (C=O) groups is 2. The number of nitrogens with one attached hydrogen (secondary N) is 2. The minimum absolute atomic E-state index is 0.108. The summed E-state index contributed by atoms with van der Waals surface area (Å²) in [7, 11) is 0. The van der Waals surface area contributed by atoms with Crippen LogP contribution < -0.4 is 10.6 Å². The number of ether oxygens (including phenoxy) is 1. The Balaban J connectivity index is 2.14. The van der Waals surface area contributed by atoms with Gasteiger partial charge in [0.2, 0.25) is 0 Å². The molecular weight excluding hydrogens is 228 g/mol. The molecule has 0 aliphatic rings. The Labute approximate surface area is 97.8 Å². The van der Waals surface area contributed by atoms with Crippen molar-refractivity contribution >= 4 is 23.3 Å². The Morgan fingerprint density at radius 3 is 2.88 bits per heavy atom. The summed E-state index contributed by atoms with van der Waals surface area (Å²) in [5.74, 6) is -0.437. The van der Waals surface area contributed by atoms with Gasteiger partial charge in [-0.25, -0.2) is 4.79 Å². The monoisotopic (exact) mass is 242 g/mol. The van der Waals surface area contributed by atoms with Gasteiger partial charge in [0.1, 0.15) is 6.54 Å². The first-order valence-electron chi connectivity index (χ1n) is 4.90. The molecule has 0 spiro atoms. The number of esters is 1. The highest BCUT2D eigenvalue weighted by atomic mass is 32.1. The summed E-state index contributed by atoms with van der Waals surface area (Å²) in [5.41, 5.74) is 1.04.